The first-order chi connectivity index (χ1) is 7.33. The molecule has 0 atom stereocenters. The van der Waals surface area contributed by atoms with Gasteiger partial charge < -0.3 is 10.1 Å². The van der Waals surface area contributed by atoms with E-state index >= 15 is 0 Å². The van der Waals surface area contributed by atoms with Crippen LogP contribution in [-0.2, 0) is 4.74 Å². The second-order valence-electron chi connectivity index (χ2n) is 4.38. The van der Waals surface area contributed by atoms with E-state index in [9.17, 15) is 0 Å². The molecule has 1 fully saturated rings. The number of ether oxygens (including phenoxy) is 1. The molecule has 0 heterocycles. The van der Waals surface area contributed by atoms with Crippen LogP contribution in [0.2, 0.25) is 0 Å². The Kier molecular flexibility index (Phi) is 6.69. The van der Waals surface area contributed by atoms with Crippen LogP contribution < -0.4 is 5.32 Å². The average Bonchev–Trinajstić information content (AvgIpc) is 2.73. The van der Waals surface area contributed by atoms with Crippen molar-refractivity contribution in [2.45, 2.75) is 43.8 Å². The Hall–Kier alpha value is 0.270. The quantitative estimate of drug-likeness (QED) is 0.649. The topological polar surface area (TPSA) is 21.3 Å². The molecule has 1 rings (SSSR count). The molecule has 1 aliphatic rings. The number of hydrogen-bond donors (Lipinski definition) is 1. The SMILES string of the molecule is CCCOCCNCC1(SC)CCCC1. The Bertz CT molecular complexity index is 158. The molecule has 1 N–H and O–H groups in total. The summed E-state index contributed by atoms with van der Waals surface area (Å²) in [6.07, 6.45) is 8.97. The molecule has 0 saturated heterocycles. The highest BCUT2D eigenvalue weighted by Gasteiger charge is 2.32. The molecule has 0 aromatic rings. The van der Waals surface area contributed by atoms with Crippen molar-refractivity contribution >= 4 is 11.8 Å². The zero-order valence-corrected chi connectivity index (χ0v) is 11.0. The summed E-state index contributed by atoms with van der Waals surface area (Å²) < 4.78 is 5.98. The van der Waals surface area contributed by atoms with Crippen LogP contribution in [0.5, 0.6) is 0 Å². The first-order valence-corrected chi connectivity index (χ1v) is 7.39. The van der Waals surface area contributed by atoms with E-state index in [1.807, 2.05) is 11.8 Å². The third kappa shape index (κ3) is 4.75. The molecular weight excluding hydrogens is 206 g/mol. The van der Waals surface area contributed by atoms with Gasteiger partial charge in [-0.15, -0.1) is 0 Å². The molecule has 3 heteroatoms. The lowest BCUT2D eigenvalue weighted by Crippen LogP contribution is -2.36. The third-order valence-corrected chi connectivity index (χ3v) is 4.59. The standard InChI is InChI=1S/C12H25NOS/c1-3-9-14-10-8-13-11-12(15-2)6-4-5-7-12/h13H,3-11H2,1-2H3. The lowest BCUT2D eigenvalue weighted by atomic mass is 10.1. The Balaban J connectivity index is 2.02. The van der Waals surface area contributed by atoms with Gasteiger partial charge in [0.2, 0.25) is 0 Å². The van der Waals surface area contributed by atoms with Crippen LogP contribution in [0.3, 0.4) is 0 Å². The van der Waals surface area contributed by atoms with E-state index in [1.165, 1.54) is 25.7 Å². The van der Waals surface area contributed by atoms with Crippen LogP contribution >= 0.6 is 11.8 Å². The first-order valence-electron chi connectivity index (χ1n) is 6.16. The van der Waals surface area contributed by atoms with E-state index in [1.54, 1.807) is 0 Å². The van der Waals surface area contributed by atoms with Crippen molar-refractivity contribution in [2.75, 3.05) is 32.6 Å². The summed E-state index contributed by atoms with van der Waals surface area (Å²) in [6, 6.07) is 0. The number of hydrogen-bond acceptors (Lipinski definition) is 3. The van der Waals surface area contributed by atoms with Gasteiger partial charge in [0.05, 0.1) is 6.61 Å². The first kappa shape index (κ1) is 13.3. The van der Waals surface area contributed by atoms with Gasteiger partial charge in [0, 0.05) is 24.4 Å². The molecule has 90 valence electrons. The van der Waals surface area contributed by atoms with Crippen molar-refractivity contribution in [1.29, 1.82) is 0 Å². The summed E-state index contributed by atoms with van der Waals surface area (Å²) in [6.45, 7) is 6.06. The van der Waals surface area contributed by atoms with Gasteiger partial charge in [0.1, 0.15) is 0 Å². The summed E-state index contributed by atoms with van der Waals surface area (Å²) in [5.74, 6) is 0. The molecule has 2 nitrogen and oxygen atoms in total. The van der Waals surface area contributed by atoms with Gasteiger partial charge in [-0.1, -0.05) is 19.8 Å². The van der Waals surface area contributed by atoms with Gasteiger partial charge in [-0.3, -0.25) is 0 Å². The van der Waals surface area contributed by atoms with Gasteiger partial charge in [0.25, 0.3) is 0 Å². The zero-order valence-electron chi connectivity index (χ0n) is 10.2. The number of thioether (sulfide) groups is 1. The van der Waals surface area contributed by atoms with Crippen molar-refractivity contribution in [3.63, 3.8) is 0 Å². The van der Waals surface area contributed by atoms with Crippen LogP contribution in [0.1, 0.15) is 39.0 Å². The molecule has 0 unspecified atom stereocenters. The largest absolute Gasteiger partial charge is 0.380 e. The second-order valence-corrected chi connectivity index (χ2v) is 5.66. The second kappa shape index (κ2) is 7.53. The van der Waals surface area contributed by atoms with Crippen molar-refractivity contribution in [1.82, 2.24) is 5.32 Å². The van der Waals surface area contributed by atoms with E-state index in [0.717, 1.165) is 32.7 Å². The molecule has 0 amide bonds. The molecule has 1 saturated carbocycles. The summed E-state index contributed by atoms with van der Waals surface area (Å²) in [7, 11) is 0. The maximum Gasteiger partial charge on any atom is 0.0590 e. The van der Waals surface area contributed by atoms with Gasteiger partial charge >= 0.3 is 0 Å². The van der Waals surface area contributed by atoms with E-state index < -0.39 is 0 Å². The summed E-state index contributed by atoms with van der Waals surface area (Å²) in [4.78, 5) is 0. The maximum absolute atomic E-state index is 5.44. The van der Waals surface area contributed by atoms with E-state index in [4.69, 9.17) is 4.74 Å². The van der Waals surface area contributed by atoms with Crippen LogP contribution in [-0.4, -0.2) is 37.3 Å². The molecule has 0 aromatic carbocycles. The molecule has 1 aliphatic carbocycles. The fourth-order valence-electron chi connectivity index (χ4n) is 2.18. The highest BCUT2D eigenvalue weighted by atomic mass is 32.2. The maximum atomic E-state index is 5.44. The van der Waals surface area contributed by atoms with Gasteiger partial charge in [-0.2, -0.15) is 11.8 Å². The predicted molar refractivity (Wildman–Crippen MR) is 68.7 cm³/mol. The van der Waals surface area contributed by atoms with Crippen LogP contribution in [0.15, 0.2) is 0 Å². The molecule has 0 radical (unpaired) electrons. The van der Waals surface area contributed by atoms with Crippen molar-refractivity contribution in [3.8, 4) is 0 Å². The smallest absolute Gasteiger partial charge is 0.0590 e. The van der Waals surface area contributed by atoms with Gasteiger partial charge in [-0.05, 0) is 25.5 Å². The van der Waals surface area contributed by atoms with E-state index in [2.05, 4.69) is 18.5 Å². The van der Waals surface area contributed by atoms with Gasteiger partial charge in [-0.25, -0.2) is 0 Å². The van der Waals surface area contributed by atoms with Crippen molar-refractivity contribution in [2.24, 2.45) is 0 Å². The molecule has 0 aliphatic heterocycles. The molecule has 0 spiro atoms. The average molecular weight is 231 g/mol. The van der Waals surface area contributed by atoms with Gasteiger partial charge in [0.15, 0.2) is 0 Å². The fourth-order valence-corrected chi connectivity index (χ4v) is 3.12. The fraction of sp³-hybridized carbons (Fsp3) is 1.00. The highest BCUT2D eigenvalue weighted by Crippen LogP contribution is 2.39. The predicted octanol–water partition coefficient (Wildman–Crippen LogP) is 2.68. The molecular formula is C12H25NOS. The Labute approximate surface area is 98.5 Å². The Morgan fingerprint density at radius 3 is 2.60 bits per heavy atom. The van der Waals surface area contributed by atoms with Crippen molar-refractivity contribution < 1.29 is 4.74 Å². The van der Waals surface area contributed by atoms with Crippen LogP contribution in [0.25, 0.3) is 0 Å². The van der Waals surface area contributed by atoms with E-state index in [-0.39, 0.29) is 0 Å². The Morgan fingerprint density at radius 2 is 2.00 bits per heavy atom. The Morgan fingerprint density at radius 1 is 1.27 bits per heavy atom. The minimum atomic E-state index is 0.532. The lowest BCUT2D eigenvalue weighted by molar-refractivity contribution is 0.136. The zero-order chi connectivity index (χ0) is 11.0. The molecule has 15 heavy (non-hydrogen) atoms. The minimum Gasteiger partial charge on any atom is -0.380 e. The monoisotopic (exact) mass is 231 g/mol. The van der Waals surface area contributed by atoms with E-state index in [0.29, 0.717) is 4.75 Å². The summed E-state index contributed by atoms with van der Waals surface area (Å²) in [5.41, 5.74) is 0. The lowest BCUT2D eigenvalue weighted by Gasteiger charge is -2.27. The van der Waals surface area contributed by atoms with Crippen LogP contribution in [0.4, 0.5) is 0 Å². The minimum absolute atomic E-state index is 0.532. The summed E-state index contributed by atoms with van der Waals surface area (Å²) >= 11 is 2.04. The van der Waals surface area contributed by atoms with Crippen LogP contribution in [0, 0.1) is 0 Å². The normalized spacial score (nSPS) is 19.6. The molecule has 0 bridgehead atoms. The summed E-state index contributed by atoms with van der Waals surface area (Å²) in [5, 5.41) is 3.53. The highest BCUT2D eigenvalue weighted by molar-refractivity contribution is 8.00. The molecule has 0 aromatic heterocycles. The number of rotatable bonds is 8. The van der Waals surface area contributed by atoms with Crippen molar-refractivity contribution in [3.05, 3.63) is 0 Å². The number of nitrogens with one attached hydrogen (secondary N) is 1. The third-order valence-electron chi connectivity index (χ3n) is 3.17.